The second-order valence-electron chi connectivity index (χ2n) is 5.44. The summed E-state index contributed by atoms with van der Waals surface area (Å²) in [5.41, 5.74) is 1.02. The summed E-state index contributed by atoms with van der Waals surface area (Å²) in [6.07, 6.45) is 0.429. The molecule has 2 atom stereocenters. The van der Waals surface area contributed by atoms with Crippen molar-refractivity contribution in [3.05, 3.63) is 23.8 Å². The predicted octanol–water partition coefficient (Wildman–Crippen LogP) is 1.08. The standard InChI is InChI=1S/C17H23NO6/c1-21-12-5-4-11(10-15(12)22-2)8-9-18-16(19)13-6-7-14(24-13)17(20)23-3/h4-5,10,13-14H,6-9H2,1-3H3,(H,18,19)/t13-,14+/m1/s1. The fraction of sp³-hybridized carbons (Fsp3) is 0.529. The first-order chi connectivity index (χ1) is 11.6. The molecule has 0 aromatic heterocycles. The molecule has 1 saturated heterocycles. The molecule has 1 fully saturated rings. The minimum atomic E-state index is -0.642. The van der Waals surface area contributed by atoms with Gasteiger partial charge in [0, 0.05) is 6.54 Å². The Bertz CT molecular complexity index is 588. The molecule has 1 N–H and O–H groups in total. The van der Waals surface area contributed by atoms with Crippen LogP contribution in [0.15, 0.2) is 18.2 Å². The van der Waals surface area contributed by atoms with Crippen LogP contribution in [0, 0.1) is 0 Å². The number of nitrogens with one attached hydrogen (secondary N) is 1. The van der Waals surface area contributed by atoms with Crippen molar-refractivity contribution in [1.82, 2.24) is 5.32 Å². The van der Waals surface area contributed by atoms with Crippen LogP contribution in [-0.2, 0) is 25.5 Å². The molecule has 0 unspecified atom stereocenters. The summed E-state index contributed by atoms with van der Waals surface area (Å²) in [6.45, 7) is 0.469. The van der Waals surface area contributed by atoms with Gasteiger partial charge in [0.1, 0.15) is 6.10 Å². The lowest BCUT2D eigenvalue weighted by atomic mass is 10.1. The van der Waals surface area contributed by atoms with Gasteiger partial charge in [-0.3, -0.25) is 4.79 Å². The maximum absolute atomic E-state index is 12.1. The average Bonchev–Trinajstić information content (AvgIpc) is 3.11. The molecule has 0 aliphatic carbocycles. The summed E-state index contributed by atoms with van der Waals surface area (Å²) in [6, 6.07) is 5.63. The lowest BCUT2D eigenvalue weighted by Gasteiger charge is -2.13. The number of amides is 1. The second kappa shape index (κ2) is 8.54. The van der Waals surface area contributed by atoms with Gasteiger partial charge < -0.3 is 24.3 Å². The van der Waals surface area contributed by atoms with E-state index in [1.807, 2.05) is 18.2 Å². The Morgan fingerprint density at radius 2 is 1.83 bits per heavy atom. The molecule has 1 aliphatic heterocycles. The van der Waals surface area contributed by atoms with Gasteiger partial charge in [-0.1, -0.05) is 6.07 Å². The van der Waals surface area contributed by atoms with Crippen molar-refractivity contribution < 1.29 is 28.5 Å². The Balaban J connectivity index is 1.80. The highest BCUT2D eigenvalue weighted by atomic mass is 16.6. The Hall–Kier alpha value is -2.28. The number of carbonyl (C=O) groups is 2. The number of carbonyl (C=O) groups excluding carboxylic acids is 2. The number of esters is 1. The van der Waals surface area contributed by atoms with E-state index >= 15 is 0 Å². The quantitative estimate of drug-likeness (QED) is 0.750. The molecule has 0 bridgehead atoms. The summed E-state index contributed by atoms with van der Waals surface area (Å²) in [4.78, 5) is 23.5. The van der Waals surface area contributed by atoms with Crippen LogP contribution in [0.4, 0.5) is 0 Å². The third-order valence-electron chi connectivity index (χ3n) is 3.94. The number of hydrogen-bond donors (Lipinski definition) is 1. The van der Waals surface area contributed by atoms with Crippen molar-refractivity contribution in [2.45, 2.75) is 31.5 Å². The van der Waals surface area contributed by atoms with E-state index in [9.17, 15) is 9.59 Å². The topological polar surface area (TPSA) is 83.1 Å². The van der Waals surface area contributed by atoms with Crippen LogP contribution in [0.3, 0.4) is 0 Å². The van der Waals surface area contributed by atoms with E-state index in [4.69, 9.17) is 14.2 Å². The third-order valence-corrected chi connectivity index (χ3v) is 3.94. The van der Waals surface area contributed by atoms with E-state index < -0.39 is 18.2 Å². The number of rotatable bonds is 7. The highest BCUT2D eigenvalue weighted by Crippen LogP contribution is 2.27. The van der Waals surface area contributed by atoms with Crippen molar-refractivity contribution in [2.24, 2.45) is 0 Å². The van der Waals surface area contributed by atoms with E-state index in [0.29, 0.717) is 37.3 Å². The molecule has 0 radical (unpaired) electrons. The van der Waals surface area contributed by atoms with Gasteiger partial charge in [-0.2, -0.15) is 0 Å². The van der Waals surface area contributed by atoms with Crippen LogP contribution in [0.1, 0.15) is 18.4 Å². The van der Waals surface area contributed by atoms with Gasteiger partial charge in [-0.25, -0.2) is 4.79 Å². The smallest absolute Gasteiger partial charge is 0.335 e. The summed E-state index contributed by atoms with van der Waals surface area (Å²) >= 11 is 0. The molecule has 1 amide bonds. The number of ether oxygens (including phenoxy) is 4. The molecule has 0 spiro atoms. The summed E-state index contributed by atoms with van der Waals surface area (Å²) in [7, 11) is 4.47. The number of hydrogen-bond acceptors (Lipinski definition) is 6. The van der Waals surface area contributed by atoms with Crippen LogP contribution in [0.5, 0.6) is 11.5 Å². The monoisotopic (exact) mass is 337 g/mol. The SMILES string of the molecule is COC(=O)[C@@H]1CC[C@H](C(=O)NCCc2ccc(OC)c(OC)c2)O1. The lowest BCUT2D eigenvalue weighted by molar-refractivity contribution is -0.155. The molecular weight excluding hydrogens is 314 g/mol. The average molecular weight is 337 g/mol. The molecule has 132 valence electrons. The molecule has 1 aromatic carbocycles. The third kappa shape index (κ3) is 4.38. The van der Waals surface area contributed by atoms with Gasteiger partial charge in [-0.15, -0.1) is 0 Å². The molecule has 1 aliphatic rings. The van der Waals surface area contributed by atoms with Crippen molar-refractivity contribution in [3.8, 4) is 11.5 Å². The lowest BCUT2D eigenvalue weighted by Crippen LogP contribution is -2.36. The van der Waals surface area contributed by atoms with E-state index in [1.54, 1.807) is 14.2 Å². The molecule has 1 aromatic rings. The van der Waals surface area contributed by atoms with Gasteiger partial charge >= 0.3 is 5.97 Å². The minimum absolute atomic E-state index is 0.207. The first-order valence-corrected chi connectivity index (χ1v) is 7.81. The highest BCUT2D eigenvalue weighted by Gasteiger charge is 2.35. The first kappa shape index (κ1) is 18.1. The summed E-state index contributed by atoms with van der Waals surface area (Å²) in [5, 5.41) is 2.83. The molecule has 0 saturated carbocycles. The van der Waals surface area contributed by atoms with E-state index in [2.05, 4.69) is 10.1 Å². The van der Waals surface area contributed by atoms with Crippen LogP contribution < -0.4 is 14.8 Å². The fourth-order valence-corrected chi connectivity index (χ4v) is 2.61. The Morgan fingerprint density at radius 1 is 1.12 bits per heavy atom. The van der Waals surface area contributed by atoms with Crippen LogP contribution in [0.25, 0.3) is 0 Å². The largest absolute Gasteiger partial charge is 0.493 e. The van der Waals surface area contributed by atoms with E-state index in [1.165, 1.54) is 7.11 Å². The Labute approximate surface area is 141 Å². The van der Waals surface area contributed by atoms with E-state index in [0.717, 1.165) is 5.56 Å². The maximum Gasteiger partial charge on any atom is 0.335 e. The second-order valence-corrected chi connectivity index (χ2v) is 5.44. The van der Waals surface area contributed by atoms with Crippen molar-refractivity contribution in [2.75, 3.05) is 27.9 Å². The van der Waals surface area contributed by atoms with Gasteiger partial charge in [0.15, 0.2) is 17.6 Å². The Morgan fingerprint density at radius 3 is 2.50 bits per heavy atom. The Kier molecular flexibility index (Phi) is 6.43. The molecule has 1 heterocycles. The zero-order valence-electron chi connectivity index (χ0n) is 14.2. The van der Waals surface area contributed by atoms with Gasteiger partial charge in [-0.05, 0) is 37.0 Å². The minimum Gasteiger partial charge on any atom is -0.493 e. The maximum atomic E-state index is 12.1. The molecule has 24 heavy (non-hydrogen) atoms. The van der Waals surface area contributed by atoms with Crippen molar-refractivity contribution in [1.29, 1.82) is 0 Å². The first-order valence-electron chi connectivity index (χ1n) is 7.81. The fourth-order valence-electron chi connectivity index (χ4n) is 2.61. The highest BCUT2D eigenvalue weighted by molar-refractivity contribution is 5.82. The predicted molar refractivity (Wildman–Crippen MR) is 86.2 cm³/mol. The van der Waals surface area contributed by atoms with E-state index in [-0.39, 0.29) is 5.91 Å². The summed E-state index contributed by atoms with van der Waals surface area (Å²) in [5.74, 6) is 0.678. The normalized spacial score (nSPS) is 19.6. The zero-order valence-corrected chi connectivity index (χ0v) is 14.2. The zero-order chi connectivity index (χ0) is 17.5. The molecule has 2 rings (SSSR count). The molecule has 7 nitrogen and oxygen atoms in total. The number of benzene rings is 1. The van der Waals surface area contributed by atoms with Gasteiger partial charge in [0.2, 0.25) is 5.91 Å². The van der Waals surface area contributed by atoms with Crippen LogP contribution in [-0.4, -0.2) is 52.0 Å². The van der Waals surface area contributed by atoms with Crippen LogP contribution >= 0.6 is 0 Å². The van der Waals surface area contributed by atoms with Gasteiger partial charge in [0.25, 0.3) is 0 Å². The van der Waals surface area contributed by atoms with Gasteiger partial charge in [0.05, 0.1) is 21.3 Å². The van der Waals surface area contributed by atoms with Crippen molar-refractivity contribution >= 4 is 11.9 Å². The van der Waals surface area contributed by atoms with Crippen molar-refractivity contribution in [3.63, 3.8) is 0 Å². The van der Waals surface area contributed by atoms with Crippen LogP contribution in [0.2, 0.25) is 0 Å². The molecule has 7 heteroatoms. The molecular formula is C17H23NO6. The summed E-state index contributed by atoms with van der Waals surface area (Å²) < 4.78 is 20.5. The number of methoxy groups -OCH3 is 3.